The molecule has 0 aromatic heterocycles. The molecular formula is C16H22N2O7S2. The van der Waals surface area contributed by atoms with Crippen LogP contribution in [0.25, 0.3) is 0 Å². The van der Waals surface area contributed by atoms with Crippen LogP contribution in [0, 0.1) is 0 Å². The average Bonchev–Trinajstić information content (AvgIpc) is 3.10. The molecule has 1 atom stereocenters. The summed E-state index contributed by atoms with van der Waals surface area (Å²) in [6, 6.07) is 4.05. The minimum absolute atomic E-state index is 0.119. The van der Waals surface area contributed by atoms with Crippen molar-refractivity contribution in [3.05, 3.63) is 24.3 Å². The molecule has 1 aliphatic heterocycles. The molecule has 1 aliphatic rings. The summed E-state index contributed by atoms with van der Waals surface area (Å²) in [5, 5.41) is 2.38. The minimum Gasteiger partial charge on any atom is -0.465 e. The SMILES string of the molecule is CCOC(=O)CNC(=O)C1CCCN1S(=O)(=O)c1cccc(S(C)(=O)=O)c1. The van der Waals surface area contributed by atoms with Gasteiger partial charge in [0.25, 0.3) is 0 Å². The Morgan fingerprint density at radius 1 is 1.22 bits per heavy atom. The van der Waals surface area contributed by atoms with Gasteiger partial charge in [-0.15, -0.1) is 0 Å². The highest BCUT2D eigenvalue weighted by Gasteiger charge is 2.39. The van der Waals surface area contributed by atoms with Gasteiger partial charge in [-0.2, -0.15) is 4.31 Å². The Hall–Kier alpha value is -1.98. The topological polar surface area (TPSA) is 127 Å². The second-order valence-electron chi connectivity index (χ2n) is 6.04. The van der Waals surface area contributed by atoms with Crippen LogP contribution in [-0.4, -0.2) is 65.0 Å². The summed E-state index contributed by atoms with van der Waals surface area (Å²) in [5.74, 6) is -1.21. The molecule has 0 spiro atoms. The van der Waals surface area contributed by atoms with Crippen LogP contribution < -0.4 is 5.32 Å². The number of nitrogens with one attached hydrogen (secondary N) is 1. The van der Waals surface area contributed by atoms with Crippen molar-refractivity contribution in [2.75, 3.05) is 26.0 Å². The van der Waals surface area contributed by atoms with Crippen LogP contribution in [0.2, 0.25) is 0 Å². The fourth-order valence-corrected chi connectivity index (χ4v) is 5.22. The third-order valence-corrected chi connectivity index (χ3v) is 7.07. The number of benzene rings is 1. The number of hydrogen-bond acceptors (Lipinski definition) is 7. The Bertz CT molecular complexity index is 926. The first-order valence-electron chi connectivity index (χ1n) is 8.32. The molecule has 1 aromatic carbocycles. The molecular weight excluding hydrogens is 396 g/mol. The van der Waals surface area contributed by atoms with E-state index in [9.17, 15) is 26.4 Å². The van der Waals surface area contributed by atoms with E-state index in [1.54, 1.807) is 6.92 Å². The number of amides is 1. The van der Waals surface area contributed by atoms with Crippen LogP contribution in [0.1, 0.15) is 19.8 Å². The molecule has 1 N–H and O–H groups in total. The van der Waals surface area contributed by atoms with Gasteiger partial charge >= 0.3 is 5.97 Å². The molecule has 150 valence electrons. The van der Waals surface area contributed by atoms with Crippen molar-refractivity contribution >= 4 is 31.7 Å². The molecule has 1 heterocycles. The van der Waals surface area contributed by atoms with Crippen LogP contribution in [-0.2, 0) is 34.2 Å². The van der Waals surface area contributed by atoms with Crippen LogP contribution in [0.5, 0.6) is 0 Å². The number of sulfone groups is 1. The summed E-state index contributed by atoms with van der Waals surface area (Å²) >= 11 is 0. The molecule has 9 nitrogen and oxygen atoms in total. The quantitative estimate of drug-likeness (QED) is 0.614. The summed E-state index contributed by atoms with van der Waals surface area (Å²) < 4.78 is 55.0. The van der Waals surface area contributed by atoms with E-state index >= 15 is 0 Å². The average molecular weight is 418 g/mol. The van der Waals surface area contributed by atoms with Crippen LogP contribution >= 0.6 is 0 Å². The minimum atomic E-state index is -4.07. The van der Waals surface area contributed by atoms with Crippen LogP contribution in [0.3, 0.4) is 0 Å². The van der Waals surface area contributed by atoms with Gasteiger partial charge in [-0.3, -0.25) is 9.59 Å². The molecule has 0 aliphatic carbocycles. The third kappa shape index (κ3) is 5.05. The second-order valence-corrected chi connectivity index (χ2v) is 9.95. The number of ether oxygens (including phenoxy) is 1. The van der Waals surface area contributed by atoms with Crippen LogP contribution in [0.15, 0.2) is 34.1 Å². The summed E-state index contributed by atoms with van der Waals surface area (Å²) in [7, 11) is -7.65. The second kappa shape index (κ2) is 8.36. The number of sulfonamides is 1. The first-order valence-corrected chi connectivity index (χ1v) is 11.7. The molecule has 27 heavy (non-hydrogen) atoms. The predicted molar refractivity (Wildman–Crippen MR) is 96.1 cm³/mol. The number of hydrogen-bond donors (Lipinski definition) is 1. The smallest absolute Gasteiger partial charge is 0.325 e. The lowest BCUT2D eigenvalue weighted by atomic mass is 10.2. The Balaban J connectivity index is 2.22. The number of carbonyl (C=O) groups is 2. The van der Waals surface area contributed by atoms with E-state index in [4.69, 9.17) is 4.74 Å². The third-order valence-electron chi connectivity index (χ3n) is 4.06. The molecule has 11 heteroatoms. The van der Waals surface area contributed by atoms with E-state index in [1.165, 1.54) is 18.2 Å². The van der Waals surface area contributed by atoms with Gasteiger partial charge in [-0.1, -0.05) is 6.07 Å². The first-order chi connectivity index (χ1) is 12.6. The number of esters is 1. The first kappa shape index (κ1) is 21.3. The lowest BCUT2D eigenvalue weighted by molar-refractivity contribution is -0.143. The van der Waals surface area contributed by atoms with E-state index in [0.29, 0.717) is 12.8 Å². The van der Waals surface area contributed by atoms with Crippen molar-refractivity contribution < 1.29 is 31.2 Å². The summed E-state index contributed by atoms with van der Waals surface area (Å²) in [4.78, 5) is 23.4. The van der Waals surface area contributed by atoms with Gasteiger partial charge in [0.2, 0.25) is 15.9 Å². The summed E-state index contributed by atoms with van der Waals surface area (Å²) in [5.41, 5.74) is 0. The monoisotopic (exact) mass is 418 g/mol. The van der Waals surface area contributed by atoms with Gasteiger partial charge in [0.05, 0.1) is 16.4 Å². The van der Waals surface area contributed by atoms with E-state index in [1.807, 2.05) is 0 Å². The van der Waals surface area contributed by atoms with Gasteiger partial charge < -0.3 is 10.1 Å². The van der Waals surface area contributed by atoms with Crippen molar-refractivity contribution in [2.45, 2.75) is 35.6 Å². The zero-order chi connectivity index (χ0) is 20.2. The molecule has 1 amide bonds. The highest BCUT2D eigenvalue weighted by atomic mass is 32.2. The molecule has 1 unspecified atom stereocenters. The number of rotatable bonds is 7. The van der Waals surface area contributed by atoms with Crippen molar-refractivity contribution in [1.82, 2.24) is 9.62 Å². The fourth-order valence-electron chi connectivity index (χ4n) is 2.78. The molecule has 0 saturated carbocycles. The van der Waals surface area contributed by atoms with Gasteiger partial charge in [-0.05, 0) is 38.0 Å². The molecule has 0 radical (unpaired) electrons. The zero-order valence-corrected chi connectivity index (χ0v) is 16.7. The summed E-state index contributed by atoms with van der Waals surface area (Å²) in [6.07, 6.45) is 1.77. The molecule has 0 bridgehead atoms. The number of carbonyl (C=O) groups excluding carboxylic acids is 2. The van der Waals surface area contributed by atoms with E-state index in [0.717, 1.165) is 16.6 Å². The van der Waals surface area contributed by atoms with Gasteiger partial charge in [0.1, 0.15) is 12.6 Å². The largest absolute Gasteiger partial charge is 0.465 e. The van der Waals surface area contributed by atoms with Crippen molar-refractivity contribution in [3.63, 3.8) is 0 Å². The van der Waals surface area contributed by atoms with Crippen molar-refractivity contribution in [3.8, 4) is 0 Å². The molecule has 1 aromatic rings. The van der Waals surface area contributed by atoms with Crippen LogP contribution in [0.4, 0.5) is 0 Å². The Morgan fingerprint density at radius 3 is 2.52 bits per heavy atom. The standard InChI is InChI=1S/C16H22N2O7S2/c1-3-25-15(19)11-17-16(20)14-8-5-9-18(14)27(23,24)13-7-4-6-12(10-13)26(2,21)22/h4,6-7,10,14H,3,5,8-9,11H2,1-2H3,(H,17,20). The molecule has 1 fully saturated rings. The number of nitrogens with zero attached hydrogens (tertiary/aromatic N) is 1. The van der Waals surface area contributed by atoms with Gasteiger partial charge in [0, 0.05) is 12.8 Å². The normalized spacial score (nSPS) is 18.2. The fraction of sp³-hybridized carbons (Fsp3) is 0.500. The van der Waals surface area contributed by atoms with Crippen molar-refractivity contribution in [2.24, 2.45) is 0 Å². The Morgan fingerprint density at radius 2 is 1.89 bits per heavy atom. The zero-order valence-electron chi connectivity index (χ0n) is 15.0. The lowest BCUT2D eigenvalue weighted by Gasteiger charge is -2.23. The van der Waals surface area contributed by atoms with E-state index < -0.39 is 37.8 Å². The maximum atomic E-state index is 12.9. The van der Waals surface area contributed by atoms with Gasteiger partial charge in [-0.25, -0.2) is 16.8 Å². The lowest BCUT2D eigenvalue weighted by Crippen LogP contribution is -2.47. The Labute approximate surface area is 158 Å². The maximum Gasteiger partial charge on any atom is 0.325 e. The highest BCUT2D eigenvalue weighted by Crippen LogP contribution is 2.27. The van der Waals surface area contributed by atoms with E-state index in [-0.39, 0.29) is 29.5 Å². The summed E-state index contributed by atoms with van der Waals surface area (Å²) in [6.45, 7) is 1.59. The molecule has 1 saturated heterocycles. The van der Waals surface area contributed by atoms with Gasteiger partial charge in [0.15, 0.2) is 9.84 Å². The van der Waals surface area contributed by atoms with E-state index in [2.05, 4.69) is 5.32 Å². The van der Waals surface area contributed by atoms with Crippen molar-refractivity contribution in [1.29, 1.82) is 0 Å². The molecule has 2 rings (SSSR count). The predicted octanol–water partition coefficient (Wildman–Crippen LogP) is -0.0775. The Kier molecular flexibility index (Phi) is 6.60. The highest BCUT2D eigenvalue weighted by molar-refractivity contribution is 7.91. The maximum absolute atomic E-state index is 12.9.